The summed E-state index contributed by atoms with van der Waals surface area (Å²) >= 11 is 0. The Morgan fingerprint density at radius 2 is 1.77 bits per heavy atom. The number of hydrogen-bond acceptors (Lipinski definition) is 6. The minimum Gasteiger partial charge on any atom is -0.493 e. The predicted molar refractivity (Wildman–Crippen MR) is 129 cm³/mol. The van der Waals surface area contributed by atoms with E-state index in [0.29, 0.717) is 30.2 Å². The maximum atomic E-state index is 13.1. The first-order valence-electron chi connectivity index (χ1n) is 11.3. The van der Waals surface area contributed by atoms with Gasteiger partial charge in [-0.05, 0) is 55.3 Å². The smallest absolute Gasteiger partial charge is 0.325 e. The molecule has 2 N–H and O–H groups in total. The highest BCUT2D eigenvalue weighted by Gasteiger charge is 2.48. The zero-order valence-corrected chi connectivity index (χ0v) is 19.9. The van der Waals surface area contributed by atoms with Gasteiger partial charge in [0, 0.05) is 30.8 Å². The van der Waals surface area contributed by atoms with Crippen LogP contribution in [0.25, 0.3) is 0 Å². The van der Waals surface area contributed by atoms with Crippen molar-refractivity contribution in [3.63, 3.8) is 0 Å². The Kier molecular flexibility index (Phi) is 6.63. The van der Waals surface area contributed by atoms with Crippen molar-refractivity contribution in [2.75, 3.05) is 37.5 Å². The lowest BCUT2D eigenvalue weighted by molar-refractivity contribution is -0.133. The Labute approximate surface area is 203 Å². The number of carbonyl (C=O) groups excluding carboxylic acids is 4. The maximum absolute atomic E-state index is 13.1. The molecule has 2 aromatic carbocycles. The SMILES string of the molecule is COc1ccc(C[C@]2(C)NC(=O)N(CC(=O)Nc3ccc(N4CCCC4=O)cc3)C2=O)cc1OC. The molecule has 2 aliphatic rings. The largest absolute Gasteiger partial charge is 0.493 e. The standard InChI is InChI=1S/C25H28N4O6/c1-25(14-16-6-11-19(34-2)20(13-16)35-3)23(32)29(24(33)27-25)15-21(30)26-17-7-9-18(10-8-17)28-12-4-5-22(28)31/h6-11,13H,4-5,12,14-15H2,1-3H3,(H,26,30)(H,27,33)/t25-/m0/s1. The molecular weight excluding hydrogens is 452 g/mol. The van der Waals surface area contributed by atoms with Gasteiger partial charge in [-0.3, -0.25) is 19.3 Å². The van der Waals surface area contributed by atoms with Crippen LogP contribution < -0.4 is 25.0 Å². The molecule has 0 bridgehead atoms. The lowest BCUT2D eigenvalue weighted by Gasteiger charge is -2.22. The van der Waals surface area contributed by atoms with E-state index in [2.05, 4.69) is 10.6 Å². The zero-order chi connectivity index (χ0) is 25.2. The second kappa shape index (κ2) is 9.65. The summed E-state index contributed by atoms with van der Waals surface area (Å²) in [6, 6.07) is 11.5. The summed E-state index contributed by atoms with van der Waals surface area (Å²) in [7, 11) is 3.05. The van der Waals surface area contributed by atoms with Crippen LogP contribution in [0.1, 0.15) is 25.3 Å². The molecule has 2 fully saturated rings. The monoisotopic (exact) mass is 480 g/mol. The molecule has 5 amide bonds. The molecule has 2 heterocycles. The van der Waals surface area contributed by atoms with Gasteiger partial charge in [-0.1, -0.05) is 6.07 Å². The van der Waals surface area contributed by atoms with Gasteiger partial charge in [0.25, 0.3) is 5.91 Å². The van der Waals surface area contributed by atoms with Crippen LogP contribution in [0.5, 0.6) is 11.5 Å². The summed E-state index contributed by atoms with van der Waals surface area (Å²) in [6.45, 7) is 1.89. The Bertz CT molecular complexity index is 1170. The van der Waals surface area contributed by atoms with E-state index in [1.807, 2.05) is 0 Å². The number of ether oxygens (including phenoxy) is 2. The van der Waals surface area contributed by atoms with Gasteiger partial charge in [0.15, 0.2) is 11.5 Å². The lowest BCUT2D eigenvalue weighted by atomic mass is 9.92. The van der Waals surface area contributed by atoms with Crippen molar-refractivity contribution in [1.82, 2.24) is 10.2 Å². The van der Waals surface area contributed by atoms with Crippen molar-refractivity contribution >= 4 is 35.1 Å². The number of amides is 5. The molecule has 0 radical (unpaired) electrons. The molecule has 10 nitrogen and oxygen atoms in total. The second-order valence-electron chi connectivity index (χ2n) is 8.76. The first-order chi connectivity index (χ1) is 16.7. The Balaban J connectivity index is 1.39. The minimum atomic E-state index is -1.21. The van der Waals surface area contributed by atoms with Crippen molar-refractivity contribution in [2.24, 2.45) is 0 Å². The van der Waals surface area contributed by atoms with Crippen LogP contribution in [0, 0.1) is 0 Å². The van der Waals surface area contributed by atoms with E-state index in [-0.39, 0.29) is 12.3 Å². The number of hydrogen-bond donors (Lipinski definition) is 2. The molecule has 0 spiro atoms. The van der Waals surface area contributed by atoms with Crippen molar-refractivity contribution in [3.05, 3.63) is 48.0 Å². The number of nitrogens with one attached hydrogen (secondary N) is 2. The number of methoxy groups -OCH3 is 2. The Hall–Kier alpha value is -4.08. The molecule has 2 saturated heterocycles. The maximum Gasteiger partial charge on any atom is 0.325 e. The fourth-order valence-corrected chi connectivity index (χ4v) is 4.40. The van der Waals surface area contributed by atoms with Gasteiger partial charge in [0.1, 0.15) is 12.1 Å². The first kappa shape index (κ1) is 24.1. The summed E-state index contributed by atoms with van der Waals surface area (Å²) in [5.41, 5.74) is 0.832. The minimum absolute atomic E-state index is 0.0801. The van der Waals surface area contributed by atoms with Gasteiger partial charge < -0.3 is 25.0 Å². The number of rotatable bonds is 8. The van der Waals surface area contributed by atoms with E-state index in [0.717, 1.165) is 22.6 Å². The summed E-state index contributed by atoms with van der Waals surface area (Å²) in [6.07, 6.45) is 1.58. The van der Waals surface area contributed by atoms with Gasteiger partial charge in [-0.25, -0.2) is 4.79 Å². The zero-order valence-electron chi connectivity index (χ0n) is 19.9. The van der Waals surface area contributed by atoms with E-state index in [1.165, 1.54) is 14.2 Å². The third kappa shape index (κ3) is 4.91. The summed E-state index contributed by atoms with van der Waals surface area (Å²) < 4.78 is 10.6. The van der Waals surface area contributed by atoms with Crippen molar-refractivity contribution in [3.8, 4) is 11.5 Å². The van der Waals surface area contributed by atoms with Crippen LogP contribution >= 0.6 is 0 Å². The highest BCUT2D eigenvalue weighted by molar-refractivity contribution is 6.10. The molecule has 184 valence electrons. The molecule has 10 heteroatoms. The molecular formula is C25H28N4O6. The van der Waals surface area contributed by atoms with E-state index in [9.17, 15) is 19.2 Å². The van der Waals surface area contributed by atoms with Crippen molar-refractivity contribution in [1.29, 1.82) is 0 Å². The molecule has 0 aliphatic carbocycles. The average molecular weight is 481 g/mol. The first-order valence-corrected chi connectivity index (χ1v) is 11.3. The number of anilines is 2. The van der Waals surface area contributed by atoms with E-state index < -0.39 is 29.9 Å². The van der Waals surface area contributed by atoms with Crippen molar-refractivity contribution < 1.29 is 28.7 Å². The van der Waals surface area contributed by atoms with E-state index >= 15 is 0 Å². The number of urea groups is 1. The summed E-state index contributed by atoms with van der Waals surface area (Å²) in [5, 5.41) is 5.40. The van der Waals surface area contributed by atoms with Crippen LogP contribution in [0.2, 0.25) is 0 Å². The third-order valence-corrected chi connectivity index (χ3v) is 6.19. The highest BCUT2D eigenvalue weighted by Crippen LogP contribution is 2.30. The highest BCUT2D eigenvalue weighted by atomic mass is 16.5. The number of nitrogens with zero attached hydrogens (tertiary/aromatic N) is 2. The fourth-order valence-electron chi connectivity index (χ4n) is 4.40. The van der Waals surface area contributed by atoms with Crippen LogP contribution in [0.3, 0.4) is 0 Å². The predicted octanol–water partition coefficient (Wildman–Crippen LogP) is 2.32. The van der Waals surface area contributed by atoms with Crippen LogP contribution in [-0.2, 0) is 20.8 Å². The topological polar surface area (TPSA) is 117 Å². The second-order valence-corrected chi connectivity index (χ2v) is 8.76. The molecule has 1 atom stereocenters. The molecule has 0 aromatic heterocycles. The van der Waals surface area contributed by atoms with E-state index in [1.54, 1.807) is 54.3 Å². The Morgan fingerprint density at radius 1 is 1.06 bits per heavy atom. The quantitative estimate of drug-likeness (QED) is 0.560. The average Bonchev–Trinajstić information content (AvgIpc) is 3.35. The van der Waals surface area contributed by atoms with Crippen LogP contribution in [-0.4, -0.2) is 61.5 Å². The lowest BCUT2D eigenvalue weighted by Crippen LogP contribution is -2.46. The number of imide groups is 1. The fraction of sp³-hybridized carbons (Fsp3) is 0.360. The van der Waals surface area contributed by atoms with Gasteiger partial charge in [-0.2, -0.15) is 0 Å². The summed E-state index contributed by atoms with van der Waals surface area (Å²) in [4.78, 5) is 52.8. The summed E-state index contributed by atoms with van der Waals surface area (Å²) in [5.74, 6) is 0.156. The number of benzene rings is 2. The van der Waals surface area contributed by atoms with Gasteiger partial charge >= 0.3 is 6.03 Å². The Morgan fingerprint density at radius 3 is 2.40 bits per heavy atom. The van der Waals surface area contributed by atoms with Crippen molar-refractivity contribution in [2.45, 2.75) is 31.7 Å². The third-order valence-electron chi connectivity index (χ3n) is 6.19. The van der Waals surface area contributed by atoms with Gasteiger partial charge in [0.2, 0.25) is 11.8 Å². The molecule has 4 rings (SSSR count). The molecule has 2 aromatic rings. The number of carbonyl (C=O) groups is 4. The molecule has 35 heavy (non-hydrogen) atoms. The van der Waals surface area contributed by atoms with Crippen LogP contribution in [0.15, 0.2) is 42.5 Å². The molecule has 0 unspecified atom stereocenters. The van der Waals surface area contributed by atoms with E-state index in [4.69, 9.17) is 9.47 Å². The van der Waals surface area contributed by atoms with Crippen LogP contribution in [0.4, 0.5) is 16.2 Å². The molecule has 0 saturated carbocycles. The van der Waals surface area contributed by atoms with Gasteiger partial charge in [0.05, 0.1) is 14.2 Å². The molecule has 2 aliphatic heterocycles. The normalized spacial score (nSPS) is 19.7. The van der Waals surface area contributed by atoms with Gasteiger partial charge in [-0.15, -0.1) is 0 Å².